The van der Waals surface area contributed by atoms with Crippen molar-refractivity contribution in [3.05, 3.63) is 42.2 Å². The molecule has 15 heavy (non-hydrogen) atoms. The Morgan fingerprint density at radius 3 is 2.87 bits per heavy atom. The lowest BCUT2D eigenvalue weighted by Gasteiger charge is -2.15. The quantitative estimate of drug-likeness (QED) is 0.606. The standard InChI is InChI=1S/C11H13FN2O/c1-3-6-14(2)11(15)9-5-4-8(12)7-10(9)13/h3-5,7H,1,6,13H2,2H3. The molecule has 3 nitrogen and oxygen atoms in total. The fourth-order valence-electron chi connectivity index (χ4n) is 1.21. The largest absolute Gasteiger partial charge is 0.398 e. The van der Waals surface area contributed by atoms with Crippen molar-refractivity contribution in [1.29, 1.82) is 0 Å². The smallest absolute Gasteiger partial charge is 0.255 e. The van der Waals surface area contributed by atoms with E-state index < -0.39 is 5.82 Å². The van der Waals surface area contributed by atoms with Gasteiger partial charge in [0.15, 0.2) is 0 Å². The second kappa shape index (κ2) is 4.59. The van der Waals surface area contributed by atoms with Crippen molar-refractivity contribution < 1.29 is 9.18 Å². The number of nitrogens with zero attached hydrogens (tertiary/aromatic N) is 1. The Hall–Kier alpha value is -1.84. The highest BCUT2D eigenvalue weighted by molar-refractivity contribution is 5.99. The van der Waals surface area contributed by atoms with Gasteiger partial charge in [-0.25, -0.2) is 4.39 Å². The van der Waals surface area contributed by atoms with Crippen LogP contribution < -0.4 is 5.73 Å². The summed E-state index contributed by atoms with van der Waals surface area (Å²) in [5.74, 6) is -0.692. The number of carbonyl (C=O) groups is 1. The summed E-state index contributed by atoms with van der Waals surface area (Å²) in [6, 6.07) is 3.73. The monoisotopic (exact) mass is 208 g/mol. The number of nitrogens with two attached hydrogens (primary N) is 1. The maximum atomic E-state index is 12.7. The molecule has 1 aromatic carbocycles. The molecule has 0 atom stereocenters. The minimum absolute atomic E-state index is 0.149. The molecular formula is C11H13FN2O. The first-order chi connectivity index (χ1) is 7.06. The molecule has 0 saturated carbocycles. The number of hydrogen-bond donors (Lipinski definition) is 1. The van der Waals surface area contributed by atoms with Crippen molar-refractivity contribution in [2.24, 2.45) is 0 Å². The van der Waals surface area contributed by atoms with E-state index >= 15 is 0 Å². The van der Waals surface area contributed by atoms with Crippen LogP contribution in [0.25, 0.3) is 0 Å². The molecule has 0 bridgehead atoms. The zero-order valence-electron chi connectivity index (χ0n) is 8.53. The first-order valence-corrected chi connectivity index (χ1v) is 4.47. The Kier molecular flexibility index (Phi) is 3.44. The van der Waals surface area contributed by atoms with Crippen LogP contribution in [0.1, 0.15) is 10.4 Å². The summed E-state index contributed by atoms with van der Waals surface area (Å²) in [6.45, 7) is 3.95. The number of amides is 1. The number of rotatable bonds is 3. The van der Waals surface area contributed by atoms with Crippen LogP contribution in [0.2, 0.25) is 0 Å². The Balaban J connectivity index is 2.96. The van der Waals surface area contributed by atoms with Gasteiger partial charge in [0.05, 0.1) is 5.56 Å². The zero-order valence-corrected chi connectivity index (χ0v) is 8.53. The van der Waals surface area contributed by atoms with Gasteiger partial charge in [-0.3, -0.25) is 4.79 Å². The molecule has 0 aromatic heterocycles. The van der Waals surface area contributed by atoms with Crippen molar-refractivity contribution in [2.45, 2.75) is 0 Å². The van der Waals surface area contributed by atoms with E-state index in [4.69, 9.17) is 5.73 Å². The molecule has 80 valence electrons. The third kappa shape index (κ3) is 2.56. The molecular weight excluding hydrogens is 195 g/mol. The van der Waals surface area contributed by atoms with E-state index in [1.54, 1.807) is 13.1 Å². The number of halogens is 1. The molecule has 0 unspecified atom stereocenters. The van der Waals surface area contributed by atoms with E-state index in [2.05, 4.69) is 6.58 Å². The van der Waals surface area contributed by atoms with Gasteiger partial charge in [-0.2, -0.15) is 0 Å². The van der Waals surface area contributed by atoms with Gasteiger partial charge < -0.3 is 10.6 Å². The molecule has 0 fully saturated rings. The Labute approximate surface area is 88.0 Å². The van der Waals surface area contributed by atoms with Crippen LogP contribution in [0.5, 0.6) is 0 Å². The average Bonchev–Trinajstić information content (AvgIpc) is 2.17. The molecule has 0 radical (unpaired) electrons. The fourth-order valence-corrected chi connectivity index (χ4v) is 1.21. The van der Waals surface area contributed by atoms with Crippen molar-refractivity contribution in [3.8, 4) is 0 Å². The maximum Gasteiger partial charge on any atom is 0.255 e. The fraction of sp³-hybridized carbons (Fsp3) is 0.182. The molecule has 0 aliphatic carbocycles. The van der Waals surface area contributed by atoms with Gasteiger partial charge >= 0.3 is 0 Å². The number of likely N-dealkylation sites (N-methyl/N-ethyl adjacent to an activating group) is 1. The lowest BCUT2D eigenvalue weighted by atomic mass is 10.1. The van der Waals surface area contributed by atoms with Crippen LogP contribution in [0, 0.1) is 5.82 Å². The molecule has 0 aliphatic heterocycles. The zero-order chi connectivity index (χ0) is 11.4. The summed E-state index contributed by atoms with van der Waals surface area (Å²) in [7, 11) is 1.63. The maximum absolute atomic E-state index is 12.7. The van der Waals surface area contributed by atoms with Crippen LogP contribution in [-0.2, 0) is 0 Å². The number of benzene rings is 1. The first-order valence-electron chi connectivity index (χ1n) is 4.47. The molecule has 0 heterocycles. The van der Waals surface area contributed by atoms with Gasteiger partial charge in [0.2, 0.25) is 0 Å². The summed E-state index contributed by atoms with van der Waals surface area (Å²) in [4.78, 5) is 13.2. The van der Waals surface area contributed by atoms with Crippen molar-refractivity contribution >= 4 is 11.6 Å². The van der Waals surface area contributed by atoms with E-state index in [1.807, 2.05) is 0 Å². The van der Waals surface area contributed by atoms with Crippen LogP contribution in [0.15, 0.2) is 30.9 Å². The molecule has 4 heteroatoms. The van der Waals surface area contributed by atoms with E-state index in [1.165, 1.54) is 17.0 Å². The van der Waals surface area contributed by atoms with E-state index in [0.29, 0.717) is 12.1 Å². The number of carbonyl (C=O) groups excluding carboxylic acids is 1. The van der Waals surface area contributed by atoms with Crippen LogP contribution in [0.4, 0.5) is 10.1 Å². The van der Waals surface area contributed by atoms with Crippen molar-refractivity contribution in [1.82, 2.24) is 4.90 Å². The molecule has 0 spiro atoms. The lowest BCUT2D eigenvalue weighted by molar-refractivity contribution is 0.0811. The number of anilines is 1. The summed E-state index contributed by atoms with van der Waals surface area (Å²) < 4.78 is 12.7. The summed E-state index contributed by atoms with van der Waals surface area (Å²) >= 11 is 0. The van der Waals surface area contributed by atoms with Gasteiger partial charge in [-0.05, 0) is 18.2 Å². The second-order valence-electron chi connectivity index (χ2n) is 3.21. The highest BCUT2D eigenvalue weighted by Gasteiger charge is 2.13. The topological polar surface area (TPSA) is 46.3 Å². The van der Waals surface area contributed by atoms with Gasteiger partial charge in [0.25, 0.3) is 5.91 Å². The number of nitrogen functional groups attached to an aromatic ring is 1. The summed E-state index contributed by atoms with van der Waals surface area (Å²) in [5, 5.41) is 0. The third-order valence-corrected chi connectivity index (χ3v) is 1.99. The van der Waals surface area contributed by atoms with E-state index in [-0.39, 0.29) is 11.6 Å². The predicted molar refractivity (Wildman–Crippen MR) is 58.0 cm³/mol. The SMILES string of the molecule is C=CCN(C)C(=O)c1ccc(F)cc1N. The van der Waals surface area contributed by atoms with Gasteiger partial charge in [-0.1, -0.05) is 6.08 Å². The highest BCUT2D eigenvalue weighted by atomic mass is 19.1. The Morgan fingerprint density at radius 1 is 1.67 bits per heavy atom. The third-order valence-electron chi connectivity index (χ3n) is 1.99. The molecule has 2 N–H and O–H groups in total. The summed E-state index contributed by atoms with van der Waals surface area (Å²) in [6.07, 6.45) is 1.61. The first kappa shape index (κ1) is 11.2. The number of hydrogen-bond acceptors (Lipinski definition) is 2. The van der Waals surface area contributed by atoms with E-state index in [0.717, 1.165) is 6.07 Å². The van der Waals surface area contributed by atoms with Gasteiger partial charge in [0, 0.05) is 19.3 Å². The molecule has 0 aliphatic rings. The average molecular weight is 208 g/mol. The Morgan fingerprint density at radius 2 is 2.33 bits per heavy atom. The molecule has 1 aromatic rings. The molecule has 0 saturated heterocycles. The minimum atomic E-state index is -0.449. The second-order valence-corrected chi connectivity index (χ2v) is 3.21. The minimum Gasteiger partial charge on any atom is -0.398 e. The lowest BCUT2D eigenvalue weighted by Crippen LogP contribution is -2.27. The van der Waals surface area contributed by atoms with Gasteiger partial charge in [-0.15, -0.1) is 6.58 Å². The highest BCUT2D eigenvalue weighted by Crippen LogP contribution is 2.15. The van der Waals surface area contributed by atoms with E-state index in [9.17, 15) is 9.18 Å². The molecule has 1 rings (SSSR count). The van der Waals surface area contributed by atoms with Crippen molar-refractivity contribution in [2.75, 3.05) is 19.3 Å². The molecule has 1 amide bonds. The predicted octanol–water partition coefficient (Wildman–Crippen LogP) is 1.67. The normalized spacial score (nSPS) is 9.73. The summed E-state index contributed by atoms with van der Waals surface area (Å²) in [5.41, 5.74) is 6.00. The van der Waals surface area contributed by atoms with Crippen LogP contribution >= 0.6 is 0 Å². The Bertz CT molecular complexity index is 390. The van der Waals surface area contributed by atoms with Gasteiger partial charge in [0.1, 0.15) is 5.82 Å². The van der Waals surface area contributed by atoms with Crippen LogP contribution in [0.3, 0.4) is 0 Å². The van der Waals surface area contributed by atoms with Crippen molar-refractivity contribution in [3.63, 3.8) is 0 Å². The van der Waals surface area contributed by atoms with Crippen LogP contribution in [-0.4, -0.2) is 24.4 Å².